The first-order chi connectivity index (χ1) is 13.4. The van der Waals surface area contributed by atoms with Gasteiger partial charge in [-0.15, -0.1) is 0 Å². The quantitative estimate of drug-likeness (QED) is 0.499. The number of nitrogens with zero attached hydrogens (tertiary/aromatic N) is 4. The van der Waals surface area contributed by atoms with Crippen molar-refractivity contribution < 1.29 is 14.5 Å². The minimum absolute atomic E-state index is 0.0863. The minimum atomic E-state index is -0.529. The number of nitro benzene ring substituents is 1. The monoisotopic (exact) mass is 380 g/mol. The van der Waals surface area contributed by atoms with E-state index in [0.29, 0.717) is 16.9 Å². The molecule has 0 aliphatic carbocycles. The summed E-state index contributed by atoms with van der Waals surface area (Å²) in [5, 5.41) is 20.0. The Balaban J connectivity index is 1.60. The topological polar surface area (TPSA) is 132 Å². The Morgan fingerprint density at radius 3 is 2.18 bits per heavy atom. The van der Waals surface area contributed by atoms with Crippen LogP contribution in [0.15, 0.2) is 61.2 Å². The van der Waals surface area contributed by atoms with Crippen LogP contribution in [0.3, 0.4) is 0 Å². The molecule has 0 saturated heterocycles. The predicted octanol–water partition coefficient (Wildman–Crippen LogP) is 2.64. The Morgan fingerprint density at radius 2 is 1.64 bits per heavy atom. The number of benzene rings is 2. The minimum Gasteiger partial charge on any atom is -0.324 e. The molecular weight excluding hydrogens is 364 g/mol. The molecule has 10 heteroatoms. The van der Waals surface area contributed by atoms with E-state index in [9.17, 15) is 19.7 Å². The van der Waals surface area contributed by atoms with E-state index in [1.807, 2.05) is 0 Å². The summed E-state index contributed by atoms with van der Waals surface area (Å²) in [6, 6.07) is 11.4. The molecular formula is C18H16N6O4. The number of nitro groups is 1. The van der Waals surface area contributed by atoms with E-state index in [4.69, 9.17) is 0 Å². The van der Waals surface area contributed by atoms with Gasteiger partial charge in [-0.2, -0.15) is 5.10 Å². The number of rotatable bonds is 6. The third-order valence-corrected chi connectivity index (χ3v) is 3.96. The molecule has 0 saturated carbocycles. The molecule has 0 aliphatic heterocycles. The summed E-state index contributed by atoms with van der Waals surface area (Å²) < 4.78 is 1.44. The van der Waals surface area contributed by atoms with Crippen molar-refractivity contribution in [1.29, 1.82) is 0 Å². The molecule has 142 valence electrons. The van der Waals surface area contributed by atoms with Gasteiger partial charge in [-0.25, -0.2) is 9.67 Å². The summed E-state index contributed by atoms with van der Waals surface area (Å²) in [5.41, 5.74) is 1.29. The molecule has 3 aromatic rings. The fraction of sp³-hybridized carbons (Fsp3) is 0.111. The van der Waals surface area contributed by atoms with E-state index in [1.54, 1.807) is 31.2 Å². The third kappa shape index (κ3) is 4.36. The van der Waals surface area contributed by atoms with Crippen molar-refractivity contribution in [2.24, 2.45) is 0 Å². The maximum Gasteiger partial charge on any atom is 0.269 e. The van der Waals surface area contributed by atoms with Crippen LogP contribution in [0.4, 0.5) is 17.1 Å². The van der Waals surface area contributed by atoms with Crippen LogP contribution in [0, 0.1) is 10.1 Å². The molecule has 2 aromatic carbocycles. The fourth-order valence-electron chi connectivity index (χ4n) is 2.36. The summed E-state index contributed by atoms with van der Waals surface area (Å²) in [7, 11) is 0. The van der Waals surface area contributed by atoms with Gasteiger partial charge in [0.05, 0.1) is 4.92 Å². The van der Waals surface area contributed by atoms with Gasteiger partial charge in [-0.1, -0.05) is 0 Å². The van der Waals surface area contributed by atoms with Crippen LogP contribution < -0.4 is 10.6 Å². The fourth-order valence-corrected chi connectivity index (χ4v) is 2.36. The molecule has 3 rings (SSSR count). The van der Waals surface area contributed by atoms with Crippen molar-refractivity contribution >= 4 is 28.9 Å². The highest BCUT2D eigenvalue weighted by Crippen LogP contribution is 2.17. The van der Waals surface area contributed by atoms with Crippen LogP contribution in [0.5, 0.6) is 0 Å². The lowest BCUT2D eigenvalue weighted by atomic mass is 10.2. The first-order valence-electron chi connectivity index (χ1n) is 8.25. The molecule has 2 amide bonds. The number of hydrogen-bond donors (Lipinski definition) is 2. The van der Waals surface area contributed by atoms with Crippen LogP contribution >= 0.6 is 0 Å². The van der Waals surface area contributed by atoms with Crippen molar-refractivity contribution in [3.05, 3.63) is 76.9 Å². The van der Waals surface area contributed by atoms with Gasteiger partial charge in [0.15, 0.2) is 0 Å². The molecule has 1 heterocycles. The molecule has 0 unspecified atom stereocenters. The van der Waals surface area contributed by atoms with Crippen LogP contribution in [0.1, 0.15) is 23.3 Å². The average molecular weight is 380 g/mol. The zero-order chi connectivity index (χ0) is 20.1. The molecule has 1 atom stereocenters. The van der Waals surface area contributed by atoms with Gasteiger partial charge in [0, 0.05) is 29.1 Å². The zero-order valence-corrected chi connectivity index (χ0v) is 14.8. The third-order valence-electron chi connectivity index (χ3n) is 3.96. The van der Waals surface area contributed by atoms with Gasteiger partial charge in [-0.05, 0) is 43.3 Å². The van der Waals surface area contributed by atoms with Gasteiger partial charge >= 0.3 is 0 Å². The number of nitrogens with one attached hydrogen (secondary N) is 2. The van der Waals surface area contributed by atoms with Crippen molar-refractivity contribution in [2.45, 2.75) is 13.0 Å². The lowest BCUT2D eigenvalue weighted by Crippen LogP contribution is -2.24. The lowest BCUT2D eigenvalue weighted by molar-refractivity contribution is -0.384. The second-order valence-corrected chi connectivity index (χ2v) is 5.88. The average Bonchev–Trinajstić information content (AvgIpc) is 3.23. The molecule has 2 N–H and O–H groups in total. The highest BCUT2D eigenvalue weighted by Gasteiger charge is 2.15. The smallest absolute Gasteiger partial charge is 0.269 e. The van der Waals surface area contributed by atoms with Crippen molar-refractivity contribution in [2.75, 3.05) is 10.6 Å². The first kappa shape index (κ1) is 18.7. The normalized spacial score (nSPS) is 11.5. The van der Waals surface area contributed by atoms with Gasteiger partial charge in [0.1, 0.15) is 18.7 Å². The molecule has 0 fully saturated rings. The first-order valence-corrected chi connectivity index (χ1v) is 8.25. The molecule has 0 spiro atoms. The predicted molar refractivity (Wildman–Crippen MR) is 101 cm³/mol. The highest BCUT2D eigenvalue weighted by molar-refractivity contribution is 6.04. The Labute approximate surface area is 159 Å². The molecule has 28 heavy (non-hydrogen) atoms. The van der Waals surface area contributed by atoms with E-state index >= 15 is 0 Å². The molecule has 0 radical (unpaired) electrons. The number of carbonyl (C=O) groups is 2. The maximum absolute atomic E-state index is 12.2. The number of hydrogen-bond acceptors (Lipinski definition) is 6. The standard InChI is InChI=1S/C18H16N6O4/c1-12(23-11-19-10-20-23)17(25)21-14-4-6-15(7-5-14)22-18(26)13-2-8-16(9-3-13)24(27)28/h2-12H,1H3,(H,21,25)(H,22,26)/t12-/m1/s1. The Hall–Kier alpha value is -4.08. The maximum atomic E-state index is 12.2. The lowest BCUT2D eigenvalue weighted by Gasteiger charge is -2.12. The van der Waals surface area contributed by atoms with Gasteiger partial charge in [0.25, 0.3) is 11.6 Å². The molecule has 0 bridgehead atoms. The largest absolute Gasteiger partial charge is 0.324 e. The van der Waals surface area contributed by atoms with Gasteiger partial charge in [0.2, 0.25) is 5.91 Å². The second kappa shape index (κ2) is 8.08. The number of anilines is 2. The van der Waals surface area contributed by atoms with Crippen LogP contribution in [-0.4, -0.2) is 31.5 Å². The summed E-state index contributed by atoms with van der Waals surface area (Å²) >= 11 is 0. The van der Waals surface area contributed by atoms with Crippen LogP contribution in [0.25, 0.3) is 0 Å². The summed E-state index contributed by atoms with van der Waals surface area (Å²) in [4.78, 5) is 38.4. The van der Waals surface area contributed by atoms with E-state index in [2.05, 4.69) is 20.7 Å². The van der Waals surface area contributed by atoms with E-state index < -0.39 is 16.9 Å². The van der Waals surface area contributed by atoms with E-state index in [0.717, 1.165) is 0 Å². The SMILES string of the molecule is C[C@H](C(=O)Nc1ccc(NC(=O)c2ccc([N+](=O)[O-])cc2)cc1)n1cncn1. The summed E-state index contributed by atoms with van der Waals surface area (Å²) in [6.07, 6.45) is 2.81. The van der Waals surface area contributed by atoms with Crippen LogP contribution in [0.2, 0.25) is 0 Å². The number of non-ortho nitro benzene ring substituents is 1. The zero-order valence-electron chi connectivity index (χ0n) is 14.8. The van der Waals surface area contributed by atoms with E-state index in [1.165, 1.54) is 41.6 Å². The highest BCUT2D eigenvalue weighted by atomic mass is 16.6. The number of amides is 2. The van der Waals surface area contributed by atoms with Gasteiger partial charge < -0.3 is 10.6 Å². The molecule has 1 aromatic heterocycles. The molecule has 0 aliphatic rings. The van der Waals surface area contributed by atoms with E-state index in [-0.39, 0.29) is 11.6 Å². The second-order valence-electron chi connectivity index (χ2n) is 5.88. The summed E-state index contributed by atoms with van der Waals surface area (Å²) in [5.74, 6) is -0.653. The summed E-state index contributed by atoms with van der Waals surface area (Å²) in [6.45, 7) is 1.70. The molecule has 10 nitrogen and oxygen atoms in total. The van der Waals surface area contributed by atoms with Crippen molar-refractivity contribution in [3.63, 3.8) is 0 Å². The Morgan fingerprint density at radius 1 is 1.04 bits per heavy atom. The Bertz CT molecular complexity index is 984. The van der Waals surface area contributed by atoms with Gasteiger partial charge in [-0.3, -0.25) is 19.7 Å². The number of aromatic nitrogens is 3. The van der Waals surface area contributed by atoms with Crippen molar-refractivity contribution in [3.8, 4) is 0 Å². The van der Waals surface area contributed by atoms with Crippen molar-refractivity contribution in [1.82, 2.24) is 14.8 Å². The Kier molecular flexibility index (Phi) is 5.40. The number of carbonyl (C=O) groups excluding carboxylic acids is 2. The van der Waals surface area contributed by atoms with Crippen LogP contribution in [-0.2, 0) is 4.79 Å².